The van der Waals surface area contributed by atoms with E-state index in [1.54, 1.807) is 24.3 Å². The van der Waals surface area contributed by atoms with Crippen LogP contribution < -0.4 is 0 Å². The van der Waals surface area contributed by atoms with E-state index in [0.29, 0.717) is 28.1 Å². The van der Waals surface area contributed by atoms with Crippen molar-refractivity contribution in [3.63, 3.8) is 0 Å². The zero-order chi connectivity index (χ0) is 18.5. The Morgan fingerprint density at radius 3 is 2.62 bits per heavy atom. The zero-order valence-corrected chi connectivity index (χ0v) is 16.1. The summed E-state index contributed by atoms with van der Waals surface area (Å²) < 4.78 is 5.72. The molecule has 3 rings (SSSR count). The van der Waals surface area contributed by atoms with Gasteiger partial charge in [0.1, 0.15) is 0 Å². The van der Waals surface area contributed by atoms with Crippen molar-refractivity contribution in [2.24, 2.45) is 0 Å². The highest BCUT2D eigenvalue weighted by Gasteiger charge is 2.20. The summed E-state index contributed by atoms with van der Waals surface area (Å²) in [5.41, 5.74) is 1.80. The molecule has 0 saturated carbocycles. The second-order valence-electron chi connectivity index (χ2n) is 6.11. The molecule has 3 aromatic rings. The molecule has 2 aromatic carbocycles. The number of thioether (sulfide) groups is 1. The van der Waals surface area contributed by atoms with E-state index in [4.69, 9.17) is 16.0 Å². The Labute approximate surface area is 162 Å². The molecule has 0 fully saturated rings. The molecule has 2 unspecified atom stereocenters. The van der Waals surface area contributed by atoms with Gasteiger partial charge in [-0.3, -0.25) is 4.79 Å². The number of nitrogens with zero attached hydrogens (tertiary/aromatic N) is 2. The van der Waals surface area contributed by atoms with Crippen LogP contribution in [0.4, 0.5) is 0 Å². The number of carbonyl (C=O) groups is 1. The van der Waals surface area contributed by atoms with Crippen LogP contribution in [0.3, 0.4) is 0 Å². The van der Waals surface area contributed by atoms with Crippen LogP contribution in [-0.4, -0.2) is 21.2 Å². The Morgan fingerprint density at radius 1 is 1.12 bits per heavy atom. The Kier molecular flexibility index (Phi) is 6.12. The molecule has 134 valence electrons. The van der Waals surface area contributed by atoms with Crippen molar-refractivity contribution in [2.75, 3.05) is 0 Å². The molecule has 0 bridgehead atoms. The molecular weight excluding hydrogens is 368 g/mol. The maximum Gasteiger partial charge on any atom is 0.277 e. The first kappa shape index (κ1) is 18.7. The molecule has 0 radical (unpaired) electrons. The van der Waals surface area contributed by atoms with Crippen molar-refractivity contribution in [3.8, 4) is 0 Å². The Morgan fingerprint density at radius 2 is 1.88 bits per heavy atom. The van der Waals surface area contributed by atoms with Gasteiger partial charge < -0.3 is 4.42 Å². The number of halogens is 1. The summed E-state index contributed by atoms with van der Waals surface area (Å²) in [5.74, 6) is 0.834. The van der Waals surface area contributed by atoms with Gasteiger partial charge in [0.05, 0.1) is 5.25 Å². The summed E-state index contributed by atoms with van der Waals surface area (Å²) in [7, 11) is 0. The van der Waals surface area contributed by atoms with Crippen molar-refractivity contribution in [3.05, 3.63) is 76.6 Å². The minimum atomic E-state index is -0.340. The summed E-state index contributed by atoms with van der Waals surface area (Å²) in [6, 6.07) is 17.1. The fraction of sp³-hybridized carbons (Fsp3) is 0.250. The van der Waals surface area contributed by atoms with Crippen LogP contribution in [0, 0.1) is 0 Å². The van der Waals surface area contributed by atoms with Gasteiger partial charge in [-0.1, -0.05) is 72.8 Å². The number of hydrogen-bond acceptors (Lipinski definition) is 5. The first-order valence-corrected chi connectivity index (χ1v) is 9.62. The summed E-state index contributed by atoms with van der Waals surface area (Å²) >= 11 is 7.22. The van der Waals surface area contributed by atoms with Gasteiger partial charge in [-0.25, -0.2) is 0 Å². The number of hydrogen-bond donors (Lipinski definition) is 0. The van der Waals surface area contributed by atoms with Crippen molar-refractivity contribution < 1.29 is 9.21 Å². The van der Waals surface area contributed by atoms with E-state index in [1.165, 1.54) is 17.3 Å². The predicted octanol–water partition coefficient (Wildman–Crippen LogP) is 5.43. The molecule has 0 amide bonds. The minimum absolute atomic E-state index is 0.0186. The average Bonchev–Trinajstić information content (AvgIpc) is 3.08. The Bertz CT molecular complexity index is 882. The largest absolute Gasteiger partial charge is 0.416 e. The van der Waals surface area contributed by atoms with Crippen molar-refractivity contribution in [1.29, 1.82) is 0 Å². The predicted molar refractivity (Wildman–Crippen MR) is 104 cm³/mol. The van der Waals surface area contributed by atoms with Gasteiger partial charge in [-0.05, 0) is 30.5 Å². The quantitative estimate of drug-likeness (QED) is 0.400. The molecule has 0 saturated heterocycles. The number of Topliss-reactive ketones (excluding diaryl/α,β-unsaturated/α-hetero) is 1. The van der Waals surface area contributed by atoms with Crippen molar-refractivity contribution in [2.45, 2.75) is 36.7 Å². The second-order valence-corrected chi connectivity index (χ2v) is 7.84. The van der Waals surface area contributed by atoms with Crippen molar-refractivity contribution in [1.82, 2.24) is 10.2 Å². The topological polar surface area (TPSA) is 56.0 Å². The van der Waals surface area contributed by atoms with E-state index in [2.05, 4.69) is 29.3 Å². The van der Waals surface area contributed by atoms with E-state index in [0.717, 1.165) is 0 Å². The van der Waals surface area contributed by atoms with Crippen LogP contribution in [0.2, 0.25) is 5.02 Å². The summed E-state index contributed by atoms with van der Waals surface area (Å²) in [4.78, 5) is 12.5. The first-order chi connectivity index (χ1) is 12.5. The van der Waals surface area contributed by atoms with Gasteiger partial charge in [-0.15, -0.1) is 10.2 Å². The lowest BCUT2D eigenvalue weighted by atomic mass is 9.98. The third-order valence-electron chi connectivity index (χ3n) is 4.05. The minimum Gasteiger partial charge on any atom is -0.416 e. The van der Waals surface area contributed by atoms with Gasteiger partial charge in [0.15, 0.2) is 5.78 Å². The molecule has 0 aliphatic rings. The van der Waals surface area contributed by atoms with E-state index in [1.807, 2.05) is 25.1 Å². The van der Waals surface area contributed by atoms with E-state index >= 15 is 0 Å². The molecule has 6 heteroatoms. The molecular formula is C20H19ClN2O2S. The van der Waals surface area contributed by atoms with Crippen LogP contribution in [0.15, 0.2) is 64.2 Å². The molecule has 0 aliphatic heterocycles. The molecule has 0 spiro atoms. The first-order valence-electron chi connectivity index (χ1n) is 8.36. The van der Waals surface area contributed by atoms with E-state index in [9.17, 15) is 4.79 Å². The summed E-state index contributed by atoms with van der Waals surface area (Å²) in [6.45, 7) is 3.95. The SMILES string of the molecule is CC(Sc1nnc(CC(C)c2ccccc2)o1)C(=O)c1cccc(Cl)c1. The van der Waals surface area contributed by atoms with E-state index in [-0.39, 0.29) is 17.0 Å². The highest BCUT2D eigenvalue weighted by molar-refractivity contribution is 8.00. The van der Waals surface area contributed by atoms with Crippen LogP contribution >= 0.6 is 23.4 Å². The van der Waals surface area contributed by atoms with Gasteiger partial charge in [0.25, 0.3) is 5.22 Å². The molecule has 2 atom stereocenters. The monoisotopic (exact) mass is 386 g/mol. The maximum absolute atomic E-state index is 12.5. The van der Waals surface area contributed by atoms with Gasteiger partial charge in [0.2, 0.25) is 5.89 Å². The number of rotatable bonds is 7. The molecule has 26 heavy (non-hydrogen) atoms. The number of carbonyl (C=O) groups excluding carboxylic acids is 1. The summed E-state index contributed by atoms with van der Waals surface area (Å²) in [6.07, 6.45) is 0.661. The highest BCUT2D eigenvalue weighted by Crippen LogP contribution is 2.27. The maximum atomic E-state index is 12.5. The number of ketones is 1. The van der Waals surface area contributed by atoms with Crippen LogP contribution in [0.5, 0.6) is 0 Å². The summed E-state index contributed by atoms with van der Waals surface area (Å²) in [5, 5.41) is 8.79. The molecule has 4 nitrogen and oxygen atoms in total. The second kappa shape index (κ2) is 8.52. The standard InChI is InChI=1S/C20H19ClN2O2S/c1-13(15-7-4-3-5-8-15)11-18-22-23-20(25-18)26-14(2)19(24)16-9-6-10-17(21)12-16/h3-10,12-14H,11H2,1-2H3. The third kappa shape index (κ3) is 4.74. The zero-order valence-electron chi connectivity index (χ0n) is 14.6. The van der Waals surface area contributed by atoms with Crippen LogP contribution in [0.25, 0.3) is 0 Å². The fourth-order valence-corrected chi connectivity index (χ4v) is 3.58. The third-order valence-corrected chi connectivity index (χ3v) is 5.22. The smallest absolute Gasteiger partial charge is 0.277 e. The average molecular weight is 387 g/mol. The Hall–Kier alpha value is -2.11. The lowest BCUT2D eigenvalue weighted by Crippen LogP contribution is -2.13. The molecule has 1 aromatic heterocycles. The normalized spacial score (nSPS) is 13.3. The lowest BCUT2D eigenvalue weighted by Gasteiger charge is -2.09. The lowest BCUT2D eigenvalue weighted by molar-refractivity contribution is 0.0993. The number of aromatic nitrogens is 2. The van der Waals surface area contributed by atoms with E-state index < -0.39 is 0 Å². The molecule has 0 aliphatic carbocycles. The van der Waals surface area contributed by atoms with Gasteiger partial charge in [-0.2, -0.15) is 0 Å². The molecule has 1 heterocycles. The number of benzene rings is 2. The molecule has 0 N–H and O–H groups in total. The van der Waals surface area contributed by atoms with Crippen molar-refractivity contribution >= 4 is 29.1 Å². The van der Waals surface area contributed by atoms with Crippen LogP contribution in [-0.2, 0) is 6.42 Å². The van der Waals surface area contributed by atoms with Crippen LogP contribution in [0.1, 0.15) is 41.6 Å². The van der Waals surface area contributed by atoms with Gasteiger partial charge >= 0.3 is 0 Å². The highest BCUT2D eigenvalue weighted by atomic mass is 35.5. The Balaban J connectivity index is 1.62. The fourth-order valence-electron chi connectivity index (χ4n) is 2.61. The van der Waals surface area contributed by atoms with Gasteiger partial charge in [0, 0.05) is 17.0 Å².